The average Bonchev–Trinajstić information content (AvgIpc) is 2.05. The molecule has 1 heteroatoms. The molecule has 0 heterocycles. The van der Waals surface area contributed by atoms with Gasteiger partial charge in [-0.25, -0.2) is 0 Å². The van der Waals surface area contributed by atoms with Crippen LogP contribution in [-0.4, -0.2) is 11.7 Å². The Morgan fingerprint density at radius 2 is 1.58 bits per heavy atom. The molecule has 1 N–H and O–H groups in total. The quantitative estimate of drug-likeness (QED) is 0.690. The molecule has 0 aromatic rings. The van der Waals surface area contributed by atoms with E-state index in [0.717, 1.165) is 11.8 Å². The molecule has 72 valence electrons. The molecule has 0 atom stereocenters. The molecular formula is C11H22O. The van der Waals surface area contributed by atoms with Crippen LogP contribution >= 0.6 is 0 Å². The summed E-state index contributed by atoms with van der Waals surface area (Å²) >= 11 is 0. The van der Waals surface area contributed by atoms with Crippen LogP contribution in [0.4, 0.5) is 0 Å². The van der Waals surface area contributed by atoms with E-state index >= 15 is 0 Å². The van der Waals surface area contributed by atoms with Crippen LogP contribution in [0.15, 0.2) is 0 Å². The zero-order valence-electron chi connectivity index (χ0n) is 8.42. The van der Waals surface area contributed by atoms with E-state index in [1.165, 1.54) is 32.1 Å². The minimum atomic E-state index is 0.411. The van der Waals surface area contributed by atoms with E-state index in [1.54, 1.807) is 0 Å². The van der Waals surface area contributed by atoms with Gasteiger partial charge >= 0.3 is 0 Å². The highest BCUT2D eigenvalue weighted by Crippen LogP contribution is 2.32. The van der Waals surface area contributed by atoms with Crippen molar-refractivity contribution < 1.29 is 5.11 Å². The fraction of sp³-hybridized carbons (Fsp3) is 1.00. The summed E-state index contributed by atoms with van der Waals surface area (Å²) in [7, 11) is 0. The molecule has 0 spiro atoms. The van der Waals surface area contributed by atoms with Gasteiger partial charge in [-0.2, -0.15) is 0 Å². The van der Waals surface area contributed by atoms with Crippen LogP contribution in [0.1, 0.15) is 46.0 Å². The van der Waals surface area contributed by atoms with Gasteiger partial charge in [-0.1, -0.05) is 26.7 Å². The molecule has 1 saturated carbocycles. The molecule has 1 rings (SSSR count). The van der Waals surface area contributed by atoms with Crippen LogP contribution in [0.5, 0.6) is 0 Å². The van der Waals surface area contributed by atoms with Crippen LogP contribution in [0.3, 0.4) is 0 Å². The SMILES string of the molecule is CC(C)CC1CCC(CO)CC1. The first-order valence-corrected chi connectivity index (χ1v) is 5.33. The predicted molar refractivity (Wildman–Crippen MR) is 52.0 cm³/mol. The van der Waals surface area contributed by atoms with Gasteiger partial charge in [0.25, 0.3) is 0 Å². The van der Waals surface area contributed by atoms with Crippen molar-refractivity contribution in [2.24, 2.45) is 17.8 Å². The molecule has 0 amide bonds. The lowest BCUT2D eigenvalue weighted by molar-refractivity contribution is 0.159. The Labute approximate surface area is 76.2 Å². The van der Waals surface area contributed by atoms with E-state index in [2.05, 4.69) is 13.8 Å². The Balaban J connectivity index is 2.17. The molecule has 1 aliphatic rings. The van der Waals surface area contributed by atoms with Gasteiger partial charge in [0.2, 0.25) is 0 Å². The Bertz CT molecular complexity index is 112. The van der Waals surface area contributed by atoms with E-state index < -0.39 is 0 Å². The maximum absolute atomic E-state index is 8.96. The van der Waals surface area contributed by atoms with Crippen molar-refractivity contribution >= 4 is 0 Å². The maximum Gasteiger partial charge on any atom is 0.0459 e. The lowest BCUT2D eigenvalue weighted by Crippen LogP contribution is -2.18. The summed E-state index contributed by atoms with van der Waals surface area (Å²) in [6.45, 7) is 5.02. The Hall–Kier alpha value is -0.0400. The van der Waals surface area contributed by atoms with Crippen molar-refractivity contribution in [3.8, 4) is 0 Å². The topological polar surface area (TPSA) is 20.2 Å². The number of hydrogen-bond donors (Lipinski definition) is 1. The molecular weight excluding hydrogens is 148 g/mol. The van der Waals surface area contributed by atoms with Crippen molar-refractivity contribution in [2.75, 3.05) is 6.61 Å². The lowest BCUT2D eigenvalue weighted by atomic mass is 9.79. The van der Waals surface area contributed by atoms with Crippen molar-refractivity contribution in [3.05, 3.63) is 0 Å². The second-order valence-corrected chi connectivity index (χ2v) is 4.70. The van der Waals surface area contributed by atoms with Gasteiger partial charge in [0, 0.05) is 6.61 Å². The molecule has 0 saturated heterocycles. The van der Waals surface area contributed by atoms with Gasteiger partial charge in [0.05, 0.1) is 0 Å². The first-order chi connectivity index (χ1) is 5.72. The van der Waals surface area contributed by atoms with E-state index in [0.29, 0.717) is 12.5 Å². The van der Waals surface area contributed by atoms with E-state index in [-0.39, 0.29) is 0 Å². The van der Waals surface area contributed by atoms with Crippen LogP contribution in [0.2, 0.25) is 0 Å². The summed E-state index contributed by atoms with van der Waals surface area (Å²) in [4.78, 5) is 0. The molecule has 1 nitrogen and oxygen atoms in total. The van der Waals surface area contributed by atoms with Gasteiger partial charge in [-0.15, -0.1) is 0 Å². The smallest absolute Gasteiger partial charge is 0.0459 e. The molecule has 1 fully saturated rings. The number of aliphatic hydroxyl groups is 1. The van der Waals surface area contributed by atoms with Gasteiger partial charge in [-0.05, 0) is 37.0 Å². The lowest BCUT2D eigenvalue weighted by Gasteiger charge is -2.28. The average molecular weight is 170 g/mol. The van der Waals surface area contributed by atoms with E-state index in [9.17, 15) is 0 Å². The molecule has 0 aromatic heterocycles. The predicted octanol–water partition coefficient (Wildman–Crippen LogP) is 2.83. The van der Waals surface area contributed by atoms with Crippen molar-refractivity contribution in [2.45, 2.75) is 46.0 Å². The largest absolute Gasteiger partial charge is 0.396 e. The van der Waals surface area contributed by atoms with Crippen molar-refractivity contribution in [3.63, 3.8) is 0 Å². The summed E-state index contributed by atoms with van der Waals surface area (Å²) in [6.07, 6.45) is 6.60. The van der Waals surface area contributed by atoms with Crippen LogP contribution in [-0.2, 0) is 0 Å². The highest BCUT2D eigenvalue weighted by atomic mass is 16.3. The van der Waals surface area contributed by atoms with Gasteiger partial charge in [-0.3, -0.25) is 0 Å². The minimum Gasteiger partial charge on any atom is -0.396 e. The summed E-state index contributed by atoms with van der Waals surface area (Å²) in [5.41, 5.74) is 0. The van der Waals surface area contributed by atoms with Gasteiger partial charge in [0.15, 0.2) is 0 Å². The third-order valence-corrected chi connectivity index (χ3v) is 3.03. The monoisotopic (exact) mass is 170 g/mol. The molecule has 0 unspecified atom stereocenters. The fourth-order valence-electron chi connectivity index (χ4n) is 2.32. The highest BCUT2D eigenvalue weighted by molar-refractivity contribution is 4.72. The van der Waals surface area contributed by atoms with Crippen LogP contribution in [0, 0.1) is 17.8 Å². The zero-order valence-corrected chi connectivity index (χ0v) is 8.42. The number of aliphatic hydroxyl groups excluding tert-OH is 1. The Morgan fingerprint density at radius 3 is 2.00 bits per heavy atom. The second kappa shape index (κ2) is 4.86. The van der Waals surface area contributed by atoms with E-state index in [1.807, 2.05) is 0 Å². The molecule has 0 aliphatic heterocycles. The molecule has 0 aromatic carbocycles. The van der Waals surface area contributed by atoms with Crippen molar-refractivity contribution in [1.82, 2.24) is 0 Å². The first kappa shape index (κ1) is 10.0. The standard InChI is InChI=1S/C11H22O/c1-9(2)7-10-3-5-11(8-12)6-4-10/h9-12H,3-8H2,1-2H3. The molecule has 12 heavy (non-hydrogen) atoms. The maximum atomic E-state index is 8.96. The summed E-state index contributed by atoms with van der Waals surface area (Å²) in [5.74, 6) is 2.42. The summed E-state index contributed by atoms with van der Waals surface area (Å²) in [6, 6.07) is 0. The summed E-state index contributed by atoms with van der Waals surface area (Å²) in [5, 5.41) is 8.96. The third kappa shape index (κ3) is 3.14. The van der Waals surface area contributed by atoms with Crippen molar-refractivity contribution in [1.29, 1.82) is 0 Å². The van der Waals surface area contributed by atoms with E-state index in [4.69, 9.17) is 5.11 Å². The number of rotatable bonds is 3. The molecule has 1 aliphatic carbocycles. The Kier molecular flexibility index (Phi) is 4.07. The van der Waals surface area contributed by atoms with Crippen LogP contribution < -0.4 is 0 Å². The second-order valence-electron chi connectivity index (χ2n) is 4.70. The molecule has 0 bridgehead atoms. The van der Waals surface area contributed by atoms with Gasteiger partial charge < -0.3 is 5.11 Å². The minimum absolute atomic E-state index is 0.411. The zero-order chi connectivity index (χ0) is 8.97. The number of hydrogen-bond acceptors (Lipinski definition) is 1. The van der Waals surface area contributed by atoms with Crippen LogP contribution in [0.25, 0.3) is 0 Å². The Morgan fingerprint density at radius 1 is 1.08 bits per heavy atom. The summed E-state index contributed by atoms with van der Waals surface area (Å²) < 4.78 is 0. The highest BCUT2D eigenvalue weighted by Gasteiger charge is 2.20. The third-order valence-electron chi connectivity index (χ3n) is 3.03. The first-order valence-electron chi connectivity index (χ1n) is 5.33. The van der Waals surface area contributed by atoms with Gasteiger partial charge in [0.1, 0.15) is 0 Å². The fourth-order valence-corrected chi connectivity index (χ4v) is 2.32. The molecule has 0 radical (unpaired) electrons. The normalized spacial score (nSPS) is 31.0.